The zero-order valence-corrected chi connectivity index (χ0v) is 11.9. The first-order valence-corrected chi connectivity index (χ1v) is 7.03. The maximum absolute atomic E-state index is 13.1. The molecule has 2 aromatic rings. The van der Waals surface area contributed by atoms with Gasteiger partial charge in [0.2, 0.25) is 0 Å². The van der Waals surface area contributed by atoms with E-state index >= 15 is 0 Å². The van der Waals surface area contributed by atoms with E-state index in [1.165, 1.54) is 10.9 Å². The number of nitrogens with zero attached hydrogens (tertiary/aromatic N) is 1. The lowest BCUT2D eigenvalue weighted by molar-refractivity contribution is 0.519. The Balaban J connectivity index is 2.04. The Morgan fingerprint density at radius 2 is 2.16 bits per heavy atom. The molecule has 19 heavy (non-hydrogen) atoms. The van der Waals surface area contributed by atoms with Crippen LogP contribution in [0.4, 0.5) is 4.39 Å². The van der Waals surface area contributed by atoms with E-state index in [0.717, 1.165) is 22.7 Å². The maximum atomic E-state index is 13.1. The molecular weight excluding hydrogens is 261 g/mol. The molecule has 0 bridgehead atoms. The third-order valence-corrected chi connectivity index (χ3v) is 4.20. The summed E-state index contributed by atoms with van der Waals surface area (Å²) in [7, 11) is 0. The number of hydrogen-bond donors (Lipinski definition) is 2. The van der Waals surface area contributed by atoms with Crippen LogP contribution in [0.25, 0.3) is 0 Å². The van der Waals surface area contributed by atoms with Gasteiger partial charge in [-0.15, -0.1) is 11.3 Å². The largest absolute Gasteiger partial charge is 0.271 e. The molecule has 3 N–H and O–H groups in total. The van der Waals surface area contributed by atoms with E-state index in [4.69, 9.17) is 5.84 Å². The summed E-state index contributed by atoms with van der Waals surface area (Å²) in [5, 5.41) is 1.06. The molecular formula is C14H18FN3S. The molecule has 102 valence electrons. The Hall–Kier alpha value is -1.30. The van der Waals surface area contributed by atoms with E-state index < -0.39 is 0 Å². The fourth-order valence-corrected chi connectivity index (χ4v) is 2.99. The van der Waals surface area contributed by atoms with Gasteiger partial charge in [-0.1, -0.05) is 12.1 Å². The minimum Gasteiger partial charge on any atom is -0.271 e. The van der Waals surface area contributed by atoms with Crippen molar-refractivity contribution in [2.75, 3.05) is 0 Å². The van der Waals surface area contributed by atoms with Gasteiger partial charge in [0.25, 0.3) is 0 Å². The van der Waals surface area contributed by atoms with Crippen molar-refractivity contribution in [1.82, 2.24) is 10.4 Å². The molecule has 1 aromatic heterocycles. The summed E-state index contributed by atoms with van der Waals surface area (Å²) in [5.41, 5.74) is 4.80. The van der Waals surface area contributed by atoms with Crippen LogP contribution in [0.5, 0.6) is 0 Å². The smallest absolute Gasteiger partial charge is 0.123 e. The Labute approximate surface area is 116 Å². The van der Waals surface area contributed by atoms with Gasteiger partial charge < -0.3 is 0 Å². The average molecular weight is 279 g/mol. The highest BCUT2D eigenvalue weighted by atomic mass is 32.1. The van der Waals surface area contributed by atoms with Gasteiger partial charge in [-0.25, -0.2) is 9.37 Å². The molecule has 1 heterocycles. The number of thiazole rings is 1. The van der Waals surface area contributed by atoms with Crippen molar-refractivity contribution < 1.29 is 4.39 Å². The quantitative estimate of drug-likeness (QED) is 0.653. The second-order valence-electron chi connectivity index (χ2n) is 4.65. The van der Waals surface area contributed by atoms with Gasteiger partial charge in [-0.3, -0.25) is 11.3 Å². The molecule has 3 nitrogen and oxygen atoms in total. The fraction of sp³-hybridized carbons (Fsp3) is 0.357. The van der Waals surface area contributed by atoms with Gasteiger partial charge in [-0.2, -0.15) is 0 Å². The molecule has 0 aliphatic carbocycles. The molecule has 0 saturated heterocycles. The zero-order valence-electron chi connectivity index (χ0n) is 11.1. The molecule has 0 saturated carbocycles. The van der Waals surface area contributed by atoms with E-state index in [1.54, 1.807) is 23.5 Å². The number of hydrogen-bond acceptors (Lipinski definition) is 4. The summed E-state index contributed by atoms with van der Waals surface area (Å²) in [6, 6.07) is 6.68. The second kappa shape index (κ2) is 6.23. The minimum absolute atomic E-state index is 0.0618. The van der Waals surface area contributed by atoms with Crippen LogP contribution < -0.4 is 11.3 Å². The minimum atomic E-state index is -0.214. The number of aromatic nitrogens is 1. The highest BCUT2D eigenvalue weighted by molar-refractivity contribution is 7.11. The van der Waals surface area contributed by atoms with Crippen molar-refractivity contribution in [1.29, 1.82) is 0 Å². The number of aryl methyl sites for hydroxylation is 2. The van der Waals surface area contributed by atoms with Crippen LogP contribution in [0.3, 0.4) is 0 Å². The highest BCUT2D eigenvalue weighted by Crippen LogP contribution is 2.19. The SMILES string of the molecule is Cc1nc(CC(Cc2cccc(F)c2)NN)sc1C. The molecule has 0 radical (unpaired) electrons. The summed E-state index contributed by atoms with van der Waals surface area (Å²) in [6.07, 6.45) is 1.44. The van der Waals surface area contributed by atoms with Crippen molar-refractivity contribution >= 4 is 11.3 Å². The number of nitrogens with two attached hydrogens (primary N) is 1. The van der Waals surface area contributed by atoms with E-state index in [2.05, 4.69) is 17.3 Å². The molecule has 0 fully saturated rings. The molecule has 1 atom stereocenters. The van der Waals surface area contributed by atoms with Crippen LogP contribution in [0.15, 0.2) is 24.3 Å². The average Bonchev–Trinajstić information content (AvgIpc) is 2.67. The lowest BCUT2D eigenvalue weighted by atomic mass is 10.0. The molecule has 0 aliphatic rings. The van der Waals surface area contributed by atoms with Gasteiger partial charge >= 0.3 is 0 Å². The van der Waals surface area contributed by atoms with Crippen molar-refractivity contribution in [2.45, 2.75) is 32.7 Å². The Morgan fingerprint density at radius 3 is 2.74 bits per heavy atom. The third kappa shape index (κ3) is 3.83. The fourth-order valence-electron chi connectivity index (χ4n) is 1.98. The second-order valence-corrected chi connectivity index (χ2v) is 5.94. The molecule has 1 unspecified atom stereocenters. The predicted octanol–water partition coefficient (Wildman–Crippen LogP) is 2.52. The van der Waals surface area contributed by atoms with Crippen molar-refractivity contribution in [3.63, 3.8) is 0 Å². The number of hydrazine groups is 1. The Morgan fingerprint density at radius 1 is 1.37 bits per heavy atom. The van der Waals surface area contributed by atoms with Gasteiger partial charge in [0, 0.05) is 17.3 Å². The molecule has 0 amide bonds. The van der Waals surface area contributed by atoms with Crippen LogP contribution in [0, 0.1) is 19.7 Å². The first kappa shape index (κ1) is 14.1. The monoisotopic (exact) mass is 279 g/mol. The molecule has 0 aliphatic heterocycles. The van der Waals surface area contributed by atoms with Crippen LogP contribution in [-0.2, 0) is 12.8 Å². The first-order valence-electron chi connectivity index (χ1n) is 6.22. The summed E-state index contributed by atoms with van der Waals surface area (Å²) in [5.74, 6) is 5.37. The van der Waals surface area contributed by atoms with E-state index in [-0.39, 0.29) is 11.9 Å². The highest BCUT2D eigenvalue weighted by Gasteiger charge is 2.13. The molecule has 5 heteroatoms. The summed E-state index contributed by atoms with van der Waals surface area (Å²) < 4.78 is 13.1. The van der Waals surface area contributed by atoms with Crippen LogP contribution in [0.1, 0.15) is 21.1 Å². The maximum Gasteiger partial charge on any atom is 0.123 e. The molecule has 1 aromatic carbocycles. The van der Waals surface area contributed by atoms with Gasteiger partial charge in [0.15, 0.2) is 0 Å². The third-order valence-electron chi connectivity index (χ3n) is 3.10. The van der Waals surface area contributed by atoms with Crippen LogP contribution in [-0.4, -0.2) is 11.0 Å². The van der Waals surface area contributed by atoms with Crippen molar-refractivity contribution in [3.8, 4) is 0 Å². The Kier molecular flexibility index (Phi) is 4.63. The lowest BCUT2D eigenvalue weighted by Gasteiger charge is -2.14. The molecule has 0 spiro atoms. The van der Waals surface area contributed by atoms with Crippen molar-refractivity contribution in [3.05, 3.63) is 51.2 Å². The molecule has 2 rings (SSSR count). The Bertz CT molecular complexity index is 534. The zero-order chi connectivity index (χ0) is 13.8. The first-order chi connectivity index (χ1) is 9.08. The topological polar surface area (TPSA) is 50.9 Å². The number of nitrogens with one attached hydrogen (secondary N) is 1. The summed E-state index contributed by atoms with van der Waals surface area (Å²) in [6.45, 7) is 4.07. The van der Waals surface area contributed by atoms with E-state index in [9.17, 15) is 4.39 Å². The lowest BCUT2D eigenvalue weighted by Crippen LogP contribution is -2.38. The summed E-state index contributed by atoms with van der Waals surface area (Å²) >= 11 is 1.69. The standard InChI is InChI=1S/C14H18FN3S/c1-9-10(2)19-14(17-9)8-13(18-16)7-11-4-3-5-12(15)6-11/h3-6,13,18H,7-8,16H2,1-2H3. The van der Waals surface area contributed by atoms with Crippen LogP contribution in [0.2, 0.25) is 0 Å². The van der Waals surface area contributed by atoms with Gasteiger partial charge in [0.1, 0.15) is 5.82 Å². The van der Waals surface area contributed by atoms with E-state index in [0.29, 0.717) is 6.42 Å². The number of rotatable bonds is 5. The number of halogens is 1. The summed E-state index contributed by atoms with van der Waals surface area (Å²) in [4.78, 5) is 5.74. The van der Waals surface area contributed by atoms with Gasteiger partial charge in [0.05, 0.1) is 10.7 Å². The van der Waals surface area contributed by atoms with Gasteiger partial charge in [-0.05, 0) is 38.0 Å². The normalized spacial score (nSPS) is 12.6. The van der Waals surface area contributed by atoms with E-state index in [1.807, 2.05) is 13.0 Å². The predicted molar refractivity (Wildman–Crippen MR) is 76.5 cm³/mol. The van der Waals surface area contributed by atoms with Crippen molar-refractivity contribution in [2.24, 2.45) is 5.84 Å². The number of benzene rings is 1. The van der Waals surface area contributed by atoms with Crippen LogP contribution >= 0.6 is 11.3 Å².